The lowest BCUT2D eigenvalue weighted by molar-refractivity contribution is -0.117. The van der Waals surface area contributed by atoms with E-state index in [2.05, 4.69) is 31.8 Å². The monoisotopic (exact) mass is 315 g/mol. The van der Waals surface area contributed by atoms with E-state index < -0.39 is 0 Å². The first-order valence-corrected chi connectivity index (χ1v) is 6.65. The molecule has 0 aliphatic carbocycles. The highest BCUT2D eigenvalue weighted by Crippen LogP contribution is 2.35. The van der Waals surface area contributed by atoms with Crippen molar-refractivity contribution in [3.63, 3.8) is 0 Å². The third-order valence-corrected chi connectivity index (χ3v) is 3.99. The molecule has 1 aromatic heterocycles. The van der Waals surface area contributed by atoms with Gasteiger partial charge in [0, 0.05) is 31.3 Å². The van der Waals surface area contributed by atoms with Crippen molar-refractivity contribution in [3.05, 3.63) is 29.0 Å². The van der Waals surface area contributed by atoms with Crippen LogP contribution >= 0.6 is 15.9 Å². The predicted molar refractivity (Wildman–Crippen MR) is 76.5 cm³/mol. The van der Waals surface area contributed by atoms with Crippen molar-refractivity contribution in [2.75, 3.05) is 11.4 Å². The van der Waals surface area contributed by atoms with E-state index in [0.29, 0.717) is 13.0 Å². The molecule has 1 fully saturated rings. The van der Waals surface area contributed by atoms with Crippen LogP contribution in [0.4, 0.5) is 5.69 Å². The molecule has 0 spiro atoms. The van der Waals surface area contributed by atoms with Crippen LogP contribution in [0.15, 0.2) is 29.0 Å². The largest absolute Gasteiger partial charge is 0.310 e. The van der Waals surface area contributed by atoms with Crippen LogP contribution < -0.4 is 4.90 Å². The Morgan fingerprint density at radius 1 is 1.37 bits per heavy atom. The van der Waals surface area contributed by atoms with Gasteiger partial charge in [0.15, 0.2) is 0 Å². The van der Waals surface area contributed by atoms with Gasteiger partial charge in [-0.15, -0.1) is 12.3 Å². The standard InChI is InChI=1S/C14H10BrN3O/c1-2-9-7-12(19)18(8-9)11-4-3-10-14(13(11)15)17-6-5-16-10/h1,3-6,9H,7-8H2. The average molecular weight is 316 g/mol. The molecule has 19 heavy (non-hydrogen) atoms. The van der Waals surface area contributed by atoms with E-state index in [1.165, 1.54) is 0 Å². The highest BCUT2D eigenvalue weighted by Gasteiger charge is 2.30. The number of fused-ring (bicyclic) bond motifs is 1. The minimum atomic E-state index is -0.0167. The molecule has 1 aromatic carbocycles. The summed E-state index contributed by atoms with van der Waals surface area (Å²) in [6.45, 7) is 0.555. The van der Waals surface area contributed by atoms with Crippen LogP contribution in [0.2, 0.25) is 0 Å². The molecule has 0 N–H and O–H groups in total. The van der Waals surface area contributed by atoms with Gasteiger partial charge in [0.1, 0.15) is 5.52 Å². The first-order valence-electron chi connectivity index (χ1n) is 5.86. The summed E-state index contributed by atoms with van der Waals surface area (Å²) in [6, 6.07) is 3.73. The molecular formula is C14H10BrN3O. The lowest BCUT2D eigenvalue weighted by atomic mass is 10.1. The Bertz CT molecular complexity index is 707. The summed E-state index contributed by atoms with van der Waals surface area (Å²) >= 11 is 3.51. The molecule has 0 saturated carbocycles. The summed E-state index contributed by atoms with van der Waals surface area (Å²) in [4.78, 5) is 22.2. The van der Waals surface area contributed by atoms with Crippen LogP contribution in [0, 0.1) is 18.3 Å². The molecule has 94 valence electrons. The Morgan fingerprint density at radius 2 is 2.16 bits per heavy atom. The molecular weight excluding hydrogens is 306 g/mol. The Kier molecular flexibility index (Phi) is 2.96. The van der Waals surface area contributed by atoms with Crippen LogP contribution in [0.1, 0.15) is 6.42 Å². The number of carbonyl (C=O) groups excluding carboxylic acids is 1. The zero-order chi connectivity index (χ0) is 13.4. The number of nitrogens with zero attached hydrogens (tertiary/aromatic N) is 3. The molecule has 1 atom stereocenters. The normalized spacial score (nSPS) is 18.8. The molecule has 1 aliphatic rings. The maximum atomic E-state index is 12.0. The number of carbonyl (C=O) groups is 1. The minimum absolute atomic E-state index is 0.0167. The number of hydrogen-bond donors (Lipinski definition) is 0. The number of benzene rings is 1. The number of terminal acetylenes is 1. The van der Waals surface area contributed by atoms with E-state index in [9.17, 15) is 4.79 Å². The first kappa shape index (κ1) is 12.1. The van der Waals surface area contributed by atoms with Crippen molar-refractivity contribution in [3.8, 4) is 12.3 Å². The molecule has 1 aliphatic heterocycles. The number of hydrogen-bond acceptors (Lipinski definition) is 3. The van der Waals surface area contributed by atoms with Gasteiger partial charge in [0.2, 0.25) is 5.91 Å². The molecule has 3 rings (SSSR count). The van der Waals surface area contributed by atoms with Gasteiger partial charge in [0.25, 0.3) is 0 Å². The highest BCUT2D eigenvalue weighted by atomic mass is 79.9. The zero-order valence-corrected chi connectivity index (χ0v) is 11.6. The number of rotatable bonds is 1. The van der Waals surface area contributed by atoms with Crippen molar-refractivity contribution >= 4 is 38.6 Å². The molecule has 5 heteroatoms. The van der Waals surface area contributed by atoms with Gasteiger partial charge in [-0.2, -0.15) is 0 Å². The Hall–Kier alpha value is -1.93. The van der Waals surface area contributed by atoms with Gasteiger partial charge in [-0.05, 0) is 28.1 Å². The number of anilines is 1. The summed E-state index contributed by atoms with van der Waals surface area (Å²) in [7, 11) is 0. The van der Waals surface area contributed by atoms with Crippen LogP contribution in [0.3, 0.4) is 0 Å². The Morgan fingerprint density at radius 3 is 2.89 bits per heavy atom. The molecule has 0 bridgehead atoms. The summed E-state index contributed by atoms with van der Waals surface area (Å²) in [5.41, 5.74) is 2.34. The lowest BCUT2D eigenvalue weighted by Gasteiger charge is -2.18. The fourth-order valence-electron chi connectivity index (χ4n) is 2.25. The third kappa shape index (κ3) is 1.98. The SMILES string of the molecule is C#CC1CC(=O)N(c2ccc3nccnc3c2Br)C1. The van der Waals surface area contributed by atoms with Crippen LogP contribution in [0.5, 0.6) is 0 Å². The molecule has 0 radical (unpaired) electrons. The second-order valence-electron chi connectivity index (χ2n) is 4.39. The van der Waals surface area contributed by atoms with Gasteiger partial charge in [-0.3, -0.25) is 14.8 Å². The maximum Gasteiger partial charge on any atom is 0.228 e. The van der Waals surface area contributed by atoms with Crippen molar-refractivity contribution in [1.29, 1.82) is 0 Å². The molecule has 2 aromatic rings. The molecule has 1 saturated heterocycles. The summed E-state index contributed by atoms with van der Waals surface area (Å²) in [5, 5.41) is 0. The van der Waals surface area contributed by atoms with Gasteiger partial charge in [0.05, 0.1) is 15.7 Å². The fourth-order valence-corrected chi connectivity index (χ4v) is 2.90. The topological polar surface area (TPSA) is 46.1 Å². The maximum absolute atomic E-state index is 12.0. The number of halogens is 1. The number of amides is 1. The lowest BCUT2D eigenvalue weighted by Crippen LogP contribution is -2.24. The van der Waals surface area contributed by atoms with E-state index in [1.807, 2.05) is 12.1 Å². The van der Waals surface area contributed by atoms with Gasteiger partial charge in [-0.1, -0.05) is 0 Å². The van der Waals surface area contributed by atoms with E-state index in [-0.39, 0.29) is 11.8 Å². The van der Waals surface area contributed by atoms with E-state index >= 15 is 0 Å². The highest BCUT2D eigenvalue weighted by molar-refractivity contribution is 9.10. The second-order valence-corrected chi connectivity index (χ2v) is 5.19. The van der Waals surface area contributed by atoms with Crippen molar-refractivity contribution in [2.24, 2.45) is 5.92 Å². The van der Waals surface area contributed by atoms with Crippen LogP contribution in [-0.4, -0.2) is 22.4 Å². The summed E-state index contributed by atoms with van der Waals surface area (Å²) in [5.74, 6) is 2.68. The average Bonchev–Trinajstić information content (AvgIpc) is 2.81. The fraction of sp³-hybridized carbons (Fsp3) is 0.214. The quantitative estimate of drug-likeness (QED) is 0.759. The van der Waals surface area contributed by atoms with Crippen LogP contribution in [0.25, 0.3) is 11.0 Å². The summed E-state index contributed by atoms with van der Waals surface area (Å²) in [6.07, 6.45) is 9.08. The van der Waals surface area contributed by atoms with E-state index in [0.717, 1.165) is 21.2 Å². The molecule has 1 unspecified atom stereocenters. The van der Waals surface area contributed by atoms with E-state index in [4.69, 9.17) is 6.42 Å². The predicted octanol–water partition coefficient (Wildman–Crippen LogP) is 2.38. The van der Waals surface area contributed by atoms with Gasteiger partial charge < -0.3 is 4.90 Å². The zero-order valence-electron chi connectivity index (χ0n) is 10.0. The summed E-state index contributed by atoms with van der Waals surface area (Å²) < 4.78 is 0.782. The Labute approximate surface area is 119 Å². The van der Waals surface area contributed by atoms with Crippen LogP contribution in [-0.2, 0) is 4.79 Å². The third-order valence-electron chi connectivity index (χ3n) is 3.21. The molecule has 2 heterocycles. The van der Waals surface area contributed by atoms with Gasteiger partial charge in [-0.25, -0.2) is 0 Å². The smallest absolute Gasteiger partial charge is 0.228 e. The van der Waals surface area contributed by atoms with Crippen molar-refractivity contribution in [1.82, 2.24) is 9.97 Å². The van der Waals surface area contributed by atoms with Gasteiger partial charge >= 0.3 is 0 Å². The first-order chi connectivity index (χ1) is 9.20. The van der Waals surface area contributed by atoms with Crippen molar-refractivity contribution < 1.29 is 4.79 Å². The van der Waals surface area contributed by atoms with E-state index in [1.54, 1.807) is 17.3 Å². The second kappa shape index (κ2) is 4.63. The minimum Gasteiger partial charge on any atom is -0.310 e. The Balaban J connectivity index is 2.09. The van der Waals surface area contributed by atoms with Crippen molar-refractivity contribution in [2.45, 2.75) is 6.42 Å². The molecule has 1 amide bonds. The number of aromatic nitrogens is 2. The molecule has 4 nitrogen and oxygen atoms in total.